The summed E-state index contributed by atoms with van der Waals surface area (Å²) in [7, 11) is 0. The fraction of sp³-hybridized carbons (Fsp3) is 0.286. The molecule has 7 heteroatoms. The van der Waals surface area contributed by atoms with Gasteiger partial charge in [0.25, 0.3) is 0 Å². The normalized spacial score (nSPS) is 14.0. The van der Waals surface area contributed by atoms with Crippen LogP contribution >= 0.6 is 11.6 Å². The third-order valence-electron chi connectivity index (χ3n) is 3.61. The number of rotatable bonds is 3. The molecule has 1 aliphatic rings. The molecule has 1 aromatic carbocycles. The zero-order valence-corrected chi connectivity index (χ0v) is 12.1. The van der Waals surface area contributed by atoms with Crippen molar-refractivity contribution in [2.75, 3.05) is 5.32 Å². The number of nitrogens with zero attached hydrogens (tertiary/aromatic N) is 3. The minimum absolute atomic E-state index is 0.0103. The Kier molecular flexibility index (Phi) is 3.47. The number of nitrogens with one attached hydrogen (secondary N) is 1. The van der Waals surface area contributed by atoms with Gasteiger partial charge in [-0.25, -0.2) is 4.98 Å². The lowest BCUT2D eigenvalue weighted by molar-refractivity contribution is -0.385. The zero-order chi connectivity index (χ0) is 15.0. The lowest BCUT2D eigenvalue weighted by Crippen LogP contribution is -2.21. The van der Waals surface area contributed by atoms with Gasteiger partial charge in [0.1, 0.15) is 5.69 Å². The minimum Gasteiger partial charge on any atom is -0.361 e. The standard InChI is InChI=1S/C14H13ClN4O2/c1-8-12(19(20)21)13(18-14(15)16-8)17-11-6-9-4-2-3-5-10(9)7-11/h2-5,11H,6-7H2,1H3,(H,16,17,18). The molecule has 0 saturated carbocycles. The van der Waals surface area contributed by atoms with Crippen molar-refractivity contribution in [3.05, 3.63) is 56.5 Å². The number of nitro groups is 1. The molecule has 1 heterocycles. The second-order valence-electron chi connectivity index (χ2n) is 5.05. The molecule has 21 heavy (non-hydrogen) atoms. The van der Waals surface area contributed by atoms with Gasteiger partial charge in [-0.05, 0) is 42.5 Å². The molecule has 0 atom stereocenters. The quantitative estimate of drug-likeness (QED) is 0.535. The van der Waals surface area contributed by atoms with E-state index < -0.39 is 4.92 Å². The van der Waals surface area contributed by atoms with Crippen molar-refractivity contribution >= 4 is 23.1 Å². The van der Waals surface area contributed by atoms with Gasteiger partial charge in [0, 0.05) is 6.04 Å². The molecule has 0 radical (unpaired) electrons. The van der Waals surface area contributed by atoms with Crippen LogP contribution in [0.15, 0.2) is 24.3 Å². The smallest absolute Gasteiger partial charge is 0.332 e. The zero-order valence-electron chi connectivity index (χ0n) is 11.3. The van der Waals surface area contributed by atoms with Crippen molar-refractivity contribution < 1.29 is 4.92 Å². The molecule has 0 saturated heterocycles. The molecule has 0 unspecified atom stereocenters. The molecule has 6 nitrogen and oxygen atoms in total. The van der Waals surface area contributed by atoms with Crippen molar-refractivity contribution in [3.63, 3.8) is 0 Å². The van der Waals surface area contributed by atoms with Crippen LogP contribution in [0.1, 0.15) is 16.8 Å². The number of aromatic nitrogens is 2. The van der Waals surface area contributed by atoms with E-state index in [-0.39, 0.29) is 28.5 Å². The monoisotopic (exact) mass is 304 g/mol. The van der Waals surface area contributed by atoms with Crippen molar-refractivity contribution in [2.45, 2.75) is 25.8 Å². The summed E-state index contributed by atoms with van der Waals surface area (Å²) in [4.78, 5) is 18.5. The number of hydrogen-bond donors (Lipinski definition) is 1. The molecule has 2 aromatic rings. The van der Waals surface area contributed by atoms with Crippen LogP contribution < -0.4 is 5.32 Å². The fourth-order valence-corrected chi connectivity index (χ4v) is 2.92. The average molecular weight is 305 g/mol. The highest BCUT2D eigenvalue weighted by atomic mass is 35.5. The Hall–Kier alpha value is -2.21. The minimum atomic E-state index is -0.476. The van der Waals surface area contributed by atoms with Gasteiger partial charge in [0.2, 0.25) is 11.1 Å². The van der Waals surface area contributed by atoms with Crippen LogP contribution in [0.25, 0.3) is 0 Å². The molecule has 0 fully saturated rings. The summed E-state index contributed by atoms with van der Waals surface area (Å²) >= 11 is 5.82. The summed E-state index contributed by atoms with van der Waals surface area (Å²) < 4.78 is 0. The van der Waals surface area contributed by atoms with E-state index in [1.54, 1.807) is 6.92 Å². The van der Waals surface area contributed by atoms with Crippen molar-refractivity contribution in [2.24, 2.45) is 0 Å². The fourth-order valence-electron chi connectivity index (χ4n) is 2.71. The largest absolute Gasteiger partial charge is 0.361 e. The first kappa shape index (κ1) is 13.8. The Morgan fingerprint density at radius 3 is 2.48 bits per heavy atom. The number of benzene rings is 1. The highest BCUT2D eigenvalue weighted by Crippen LogP contribution is 2.30. The molecular weight excluding hydrogens is 292 g/mol. The number of halogens is 1. The number of fused-ring (bicyclic) bond motifs is 1. The molecular formula is C14H13ClN4O2. The van der Waals surface area contributed by atoms with Gasteiger partial charge in [-0.1, -0.05) is 24.3 Å². The van der Waals surface area contributed by atoms with E-state index in [0.29, 0.717) is 0 Å². The van der Waals surface area contributed by atoms with E-state index in [1.807, 2.05) is 12.1 Å². The molecule has 108 valence electrons. The topological polar surface area (TPSA) is 81.0 Å². The first-order valence-corrected chi connectivity index (χ1v) is 6.94. The van der Waals surface area contributed by atoms with Crippen LogP contribution in [-0.4, -0.2) is 20.9 Å². The van der Waals surface area contributed by atoms with E-state index in [4.69, 9.17) is 11.6 Å². The Labute approximate surface area is 126 Å². The van der Waals surface area contributed by atoms with Crippen LogP contribution in [0.2, 0.25) is 5.28 Å². The third kappa shape index (κ3) is 2.67. The number of hydrogen-bond acceptors (Lipinski definition) is 5. The maximum absolute atomic E-state index is 11.2. The lowest BCUT2D eigenvalue weighted by atomic mass is 10.1. The molecule has 1 N–H and O–H groups in total. The molecule has 0 bridgehead atoms. The predicted molar refractivity (Wildman–Crippen MR) is 79.7 cm³/mol. The van der Waals surface area contributed by atoms with Crippen LogP contribution in [0.4, 0.5) is 11.5 Å². The molecule has 1 aliphatic carbocycles. The summed E-state index contributed by atoms with van der Waals surface area (Å²) in [6.07, 6.45) is 1.63. The third-order valence-corrected chi connectivity index (χ3v) is 3.77. The summed E-state index contributed by atoms with van der Waals surface area (Å²) in [5.41, 5.74) is 2.66. The van der Waals surface area contributed by atoms with Gasteiger partial charge in [0.15, 0.2) is 0 Å². The summed E-state index contributed by atoms with van der Waals surface area (Å²) in [6.45, 7) is 1.56. The Morgan fingerprint density at radius 1 is 1.29 bits per heavy atom. The summed E-state index contributed by atoms with van der Waals surface area (Å²) in [5.74, 6) is 0.190. The van der Waals surface area contributed by atoms with Gasteiger partial charge >= 0.3 is 5.69 Å². The van der Waals surface area contributed by atoms with Gasteiger partial charge in [0.05, 0.1) is 4.92 Å². The summed E-state index contributed by atoms with van der Waals surface area (Å²) in [6, 6.07) is 8.21. The van der Waals surface area contributed by atoms with Crippen LogP contribution in [0.3, 0.4) is 0 Å². The van der Waals surface area contributed by atoms with E-state index >= 15 is 0 Å². The van der Waals surface area contributed by atoms with Crippen LogP contribution in [0.5, 0.6) is 0 Å². The van der Waals surface area contributed by atoms with Gasteiger partial charge in [-0.15, -0.1) is 0 Å². The highest BCUT2D eigenvalue weighted by Gasteiger charge is 2.27. The summed E-state index contributed by atoms with van der Waals surface area (Å²) in [5, 5.41) is 14.3. The molecule has 0 amide bonds. The highest BCUT2D eigenvalue weighted by molar-refractivity contribution is 6.28. The first-order valence-electron chi connectivity index (χ1n) is 6.56. The average Bonchev–Trinajstić information content (AvgIpc) is 2.79. The van der Waals surface area contributed by atoms with Crippen LogP contribution in [0, 0.1) is 17.0 Å². The van der Waals surface area contributed by atoms with E-state index in [2.05, 4.69) is 27.4 Å². The Morgan fingerprint density at radius 2 is 1.90 bits per heavy atom. The second kappa shape index (κ2) is 5.29. The SMILES string of the molecule is Cc1nc(Cl)nc(NC2Cc3ccccc3C2)c1[N+](=O)[O-]. The predicted octanol–water partition coefficient (Wildman–Crippen LogP) is 2.93. The van der Waals surface area contributed by atoms with Crippen molar-refractivity contribution in [1.82, 2.24) is 9.97 Å². The second-order valence-corrected chi connectivity index (χ2v) is 5.39. The van der Waals surface area contributed by atoms with Gasteiger partial charge in [-0.2, -0.15) is 4.98 Å². The van der Waals surface area contributed by atoms with E-state index in [9.17, 15) is 10.1 Å². The molecule has 0 spiro atoms. The molecule has 3 rings (SSSR count). The van der Waals surface area contributed by atoms with Crippen molar-refractivity contribution in [1.29, 1.82) is 0 Å². The van der Waals surface area contributed by atoms with Gasteiger partial charge < -0.3 is 5.32 Å². The Bertz CT molecular complexity index is 695. The van der Waals surface area contributed by atoms with Crippen molar-refractivity contribution in [3.8, 4) is 0 Å². The van der Waals surface area contributed by atoms with Gasteiger partial charge in [-0.3, -0.25) is 10.1 Å². The Balaban J connectivity index is 1.88. The van der Waals surface area contributed by atoms with E-state index in [0.717, 1.165) is 12.8 Å². The maximum atomic E-state index is 11.2. The lowest BCUT2D eigenvalue weighted by Gasteiger charge is -2.13. The molecule has 1 aromatic heterocycles. The molecule has 0 aliphatic heterocycles. The van der Waals surface area contributed by atoms with E-state index in [1.165, 1.54) is 11.1 Å². The van der Waals surface area contributed by atoms with Crippen LogP contribution in [-0.2, 0) is 12.8 Å². The first-order chi connectivity index (χ1) is 10.0. The number of aryl methyl sites for hydroxylation is 1. The number of anilines is 1. The maximum Gasteiger partial charge on any atom is 0.332 e.